The number of carbonyl (C=O) groups is 4. The van der Waals surface area contributed by atoms with Gasteiger partial charge in [0.25, 0.3) is 0 Å². The fourth-order valence-corrected chi connectivity index (χ4v) is 5.86. The molecule has 34 heavy (non-hydrogen) atoms. The second-order valence-corrected chi connectivity index (χ2v) is 10.4. The van der Waals surface area contributed by atoms with E-state index in [4.69, 9.17) is 0 Å². The molecule has 3 fully saturated rings. The number of hydrogen-bond acceptors (Lipinski definition) is 6. The van der Waals surface area contributed by atoms with Gasteiger partial charge in [-0.3, -0.25) is 19.2 Å². The maximum atomic E-state index is 12.6. The maximum absolute atomic E-state index is 12.6. The van der Waals surface area contributed by atoms with Crippen LogP contribution >= 0.6 is 0 Å². The molecule has 192 valence electrons. The minimum Gasteiger partial charge on any atom is -0.481 e. The summed E-state index contributed by atoms with van der Waals surface area (Å²) in [5.74, 6) is -4.91. The Morgan fingerprint density at radius 3 is 1.24 bits per heavy atom. The van der Waals surface area contributed by atoms with Crippen molar-refractivity contribution in [2.24, 2.45) is 35.5 Å². The zero-order valence-electron chi connectivity index (χ0n) is 19.5. The molecule has 10 nitrogen and oxygen atoms in total. The van der Waals surface area contributed by atoms with E-state index < -0.39 is 47.8 Å². The van der Waals surface area contributed by atoms with Crippen molar-refractivity contribution in [3.05, 3.63) is 0 Å². The highest BCUT2D eigenvalue weighted by atomic mass is 16.4. The summed E-state index contributed by atoms with van der Waals surface area (Å²) < 4.78 is 0. The van der Waals surface area contributed by atoms with E-state index in [0.717, 1.165) is 25.7 Å². The summed E-state index contributed by atoms with van der Waals surface area (Å²) in [6.07, 6.45) is 4.07. The van der Waals surface area contributed by atoms with Gasteiger partial charge >= 0.3 is 11.9 Å². The fraction of sp³-hybridized carbons (Fsp3) is 0.833. The molecule has 0 aromatic carbocycles. The summed E-state index contributed by atoms with van der Waals surface area (Å²) in [7, 11) is 0. The molecule has 0 aromatic heterocycles. The second-order valence-electron chi connectivity index (χ2n) is 10.4. The summed E-state index contributed by atoms with van der Waals surface area (Å²) in [6, 6.07) is 0. The number of rotatable bonds is 8. The summed E-state index contributed by atoms with van der Waals surface area (Å²) >= 11 is 0. The van der Waals surface area contributed by atoms with Gasteiger partial charge in [0, 0.05) is 13.1 Å². The normalized spacial score (nSPS) is 36.3. The number of aliphatic hydroxyl groups is 2. The summed E-state index contributed by atoms with van der Waals surface area (Å²) in [5.41, 5.74) is 0. The van der Waals surface area contributed by atoms with E-state index in [2.05, 4.69) is 10.6 Å². The van der Waals surface area contributed by atoms with Crippen LogP contribution in [0.3, 0.4) is 0 Å². The van der Waals surface area contributed by atoms with E-state index in [1.54, 1.807) is 0 Å². The first-order chi connectivity index (χ1) is 16.2. The molecular formula is C24H38N2O8. The standard InChI is InChI=1S/C24H38N2O8/c27-15-5-7-17(19(9-15)23(31)32)21(29)25-11-13-1-2-14(4-3-13)12-26-22(30)18-8-6-16(28)10-20(18)24(33)34/h13-20,27-28H,1-12H2,(H,25,29)(H,26,30)(H,31,32)(H,33,34). The Kier molecular flexibility index (Phi) is 9.30. The van der Waals surface area contributed by atoms with E-state index in [1.807, 2.05) is 0 Å². The van der Waals surface area contributed by atoms with E-state index in [0.29, 0.717) is 50.6 Å². The van der Waals surface area contributed by atoms with Crippen molar-refractivity contribution in [1.82, 2.24) is 10.6 Å². The van der Waals surface area contributed by atoms with Gasteiger partial charge in [0.05, 0.1) is 35.9 Å². The number of aliphatic carboxylic acids is 2. The van der Waals surface area contributed by atoms with Crippen molar-refractivity contribution in [2.75, 3.05) is 13.1 Å². The van der Waals surface area contributed by atoms with Crippen molar-refractivity contribution in [3.63, 3.8) is 0 Å². The van der Waals surface area contributed by atoms with Crippen LogP contribution in [0.5, 0.6) is 0 Å². The van der Waals surface area contributed by atoms with Crippen LogP contribution in [0.4, 0.5) is 0 Å². The number of amides is 2. The highest BCUT2D eigenvalue weighted by Crippen LogP contribution is 2.33. The molecule has 0 aliphatic heterocycles. The van der Waals surface area contributed by atoms with Crippen LogP contribution in [0.15, 0.2) is 0 Å². The molecule has 0 aromatic rings. The number of nitrogens with one attached hydrogen (secondary N) is 2. The summed E-state index contributed by atoms with van der Waals surface area (Å²) in [4.78, 5) is 48.1. The van der Waals surface area contributed by atoms with Gasteiger partial charge in [0.1, 0.15) is 0 Å². The van der Waals surface area contributed by atoms with E-state index in [-0.39, 0.29) is 24.7 Å². The van der Waals surface area contributed by atoms with Crippen molar-refractivity contribution >= 4 is 23.8 Å². The molecule has 3 saturated carbocycles. The molecule has 6 atom stereocenters. The zero-order valence-corrected chi connectivity index (χ0v) is 19.5. The van der Waals surface area contributed by atoms with Gasteiger partial charge in [-0.1, -0.05) is 0 Å². The number of hydrogen-bond donors (Lipinski definition) is 6. The molecule has 3 aliphatic carbocycles. The number of carboxylic acid groups (broad SMARTS) is 2. The average molecular weight is 483 g/mol. The van der Waals surface area contributed by atoms with E-state index >= 15 is 0 Å². The Balaban J connectivity index is 1.37. The third-order valence-corrected chi connectivity index (χ3v) is 8.05. The zero-order chi connectivity index (χ0) is 24.8. The monoisotopic (exact) mass is 482 g/mol. The van der Waals surface area contributed by atoms with Gasteiger partial charge < -0.3 is 31.1 Å². The predicted octanol–water partition coefficient (Wildman–Crippen LogP) is 0.749. The Morgan fingerprint density at radius 1 is 0.559 bits per heavy atom. The fourth-order valence-electron chi connectivity index (χ4n) is 5.86. The first kappa shape index (κ1) is 26.4. The van der Waals surface area contributed by atoms with E-state index in [9.17, 15) is 39.6 Å². The topological polar surface area (TPSA) is 173 Å². The van der Waals surface area contributed by atoms with Gasteiger partial charge in [0.2, 0.25) is 11.8 Å². The smallest absolute Gasteiger partial charge is 0.307 e. The first-order valence-corrected chi connectivity index (χ1v) is 12.5. The molecule has 3 rings (SSSR count). The van der Waals surface area contributed by atoms with Crippen LogP contribution in [-0.2, 0) is 19.2 Å². The number of carbonyl (C=O) groups excluding carboxylic acids is 2. The van der Waals surface area contributed by atoms with Crippen LogP contribution < -0.4 is 10.6 Å². The molecule has 0 bridgehead atoms. The third kappa shape index (κ3) is 6.91. The predicted molar refractivity (Wildman–Crippen MR) is 120 cm³/mol. The first-order valence-electron chi connectivity index (χ1n) is 12.5. The Labute approximate surface area is 199 Å². The summed E-state index contributed by atoms with van der Waals surface area (Å²) in [6.45, 7) is 0.988. The molecule has 0 radical (unpaired) electrons. The van der Waals surface area contributed by atoms with Crippen LogP contribution in [0.1, 0.15) is 64.2 Å². The minimum atomic E-state index is -1.04. The molecule has 3 aliphatic rings. The molecule has 6 N–H and O–H groups in total. The van der Waals surface area contributed by atoms with Crippen LogP contribution in [0.2, 0.25) is 0 Å². The number of carboxylic acids is 2. The summed E-state index contributed by atoms with van der Waals surface area (Å²) in [5, 5.41) is 44.1. The third-order valence-electron chi connectivity index (χ3n) is 8.05. The molecule has 0 heterocycles. The van der Waals surface area contributed by atoms with Crippen molar-refractivity contribution < 1.29 is 39.6 Å². The van der Waals surface area contributed by atoms with Crippen molar-refractivity contribution in [1.29, 1.82) is 0 Å². The minimum absolute atomic E-state index is 0.110. The van der Waals surface area contributed by atoms with Gasteiger partial charge in [0.15, 0.2) is 0 Å². The Morgan fingerprint density at radius 2 is 0.912 bits per heavy atom. The molecular weight excluding hydrogens is 444 g/mol. The van der Waals surface area contributed by atoms with Crippen LogP contribution in [-0.4, -0.2) is 69.5 Å². The van der Waals surface area contributed by atoms with Gasteiger partial charge in [-0.2, -0.15) is 0 Å². The lowest BCUT2D eigenvalue weighted by Gasteiger charge is -2.33. The van der Waals surface area contributed by atoms with Gasteiger partial charge in [-0.05, 0) is 76.0 Å². The maximum Gasteiger partial charge on any atom is 0.307 e. The van der Waals surface area contributed by atoms with Crippen molar-refractivity contribution in [2.45, 2.75) is 76.4 Å². The average Bonchev–Trinajstić information content (AvgIpc) is 2.81. The highest BCUT2D eigenvalue weighted by Gasteiger charge is 2.40. The molecule has 10 heteroatoms. The lowest BCUT2D eigenvalue weighted by molar-refractivity contribution is -0.151. The number of aliphatic hydroxyl groups excluding tert-OH is 2. The van der Waals surface area contributed by atoms with Crippen molar-refractivity contribution in [3.8, 4) is 0 Å². The molecule has 0 saturated heterocycles. The molecule has 0 spiro atoms. The lowest BCUT2D eigenvalue weighted by Crippen LogP contribution is -2.45. The van der Waals surface area contributed by atoms with Gasteiger partial charge in [-0.25, -0.2) is 0 Å². The Bertz CT molecular complexity index is 689. The second kappa shape index (κ2) is 12.0. The Hall–Kier alpha value is -2.20. The van der Waals surface area contributed by atoms with Gasteiger partial charge in [-0.15, -0.1) is 0 Å². The highest BCUT2D eigenvalue weighted by molar-refractivity contribution is 5.85. The largest absolute Gasteiger partial charge is 0.481 e. The SMILES string of the molecule is O=C(O)C1CC(O)CCC1C(=O)NCC1CCC(CNC(=O)C2CCC(O)CC2C(=O)O)CC1. The van der Waals surface area contributed by atoms with E-state index in [1.165, 1.54) is 0 Å². The van der Waals surface area contributed by atoms with Crippen LogP contribution in [0, 0.1) is 35.5 Å². The molecule has 2 amide bonds. The quantitative estimate of drug-likeness (QED) is 0.294. The molecule has 6 unspecified atom stereocenters. The lowest BCUT2D eigenvalue weighted by atomic mass is 9.77. The van der Waals surface area contributed by atoms with Crippen LogP contribution in [0.25, 0.3) is 0 Å².